The van der Waals surface area contributed by atoms with E-state index in [1.54, 1.807) is 27.7 Å². The molecule has 0 rings (SSSR count). The lowest BCUT2D eigenvalue weighted by Gasteiger charge is -2.25. The van der Waals surface area contributed by atoms with Gasteiger partial charge >= 0.3 is 12.1 Å². The van der Waals surface area contributed by atoms with Crippen LogP contribution in [0, 0.1) is 5.92 Å². The maximum absolute atomic E-state index is 11.9. The predicted molar refractivity (Wildman–Crippen MR) is 86.8 cm³/mol. The van der Waals surface area contributed by atoms with Crippen molar-refractivity contribution in [1.29, 1.82) is 0 Å². The molecule has 0 saturated carbocycles. The molecule has 0 radical (unpaired) electrons. The molecule has 0 aromatic heterocycles. The number of carbonyl (C=O) groups is 2. The minimum absolute atomic E-state index is 0.167. The van der Waals surface area contributed by atoms with Gasteiger partial charge in [0.2, 0.25) is 0 Å². The third-order valence-corrected chi connectivity index (χ3v) is 2.73. The Kier molecular flexibility index (Phi) is 9.10. The van der Waals surface area contributed by atoms with Crippen LogP contribution in [0.2, 0.25) is 0 Å². The predicted octanol–water partition coefficient (Wildman–Crippen LogP) is 3.56. The van der Waals surface area contributed by atoms with Crippen molar-refractivity contribution in [3.8, 4) is 0 Å². The quantitative estimate of drug-likeness (QED) is 0.317. The lowest BCUT2D eigenvalue weighted by atomic mass is 9.98. The average molecular weight is 328 g/mol. The van der Waals surface area contributed by atoms with E-state index in [0.717, 1.165) is 0 Å². The Morgan fingerprint density at radius 1 is 1.26 bits per heavy atom. The molecule has 1 N–H and O–H groups in total. The Hall–Kier alpha value is -1.95. The molecule has 23 heavy (non-hydrogen) atoms. The largest absolute Gasteiger partial charge is 0.466 e. The molecule has 0 heterocycles. The average Bonchev–Trinajstić information content (AvgIpc) is 2.35. The van der Waals surface area contributed by atoms with E-state index in [1.165, 1.54) is 0 Å². The van der Waals surface area contributed by atoms with E-state index in [9.17, 15) is 9.59 Å². The molecule has 8 nitrogen and oxygen atoms in total. The highest BCUT2D eigenvalue weighted by Gasteiger charge is 2.26. The fourth-order valence-electron chi connectivity index (χ4n) is 2.02. The Bertz CT molecular complexity index is 439. The van der Waals surface area contributed by atoms with E-state index in [0.29, 0.717) is 6.42 Å². The second-order valence-corrected chi connectivity index (χ2v) is 6.68. The van der Waals surface area contributed by atoms with E-state index >= 15 is 0 Å². The van der Waals surface area contributed by atoms with Gasteiger partial charge in [0.1, 0.15) is 11.6 Å². The fraction of sp³-hybridized carbons (Fsp3) is 0.867. The van der Waals surface area contributed by atoms with Crippen molar-refractivity contribution in [2.24, 2.45) is 11.0 Å². The second kappa shape index (κ2) is 9.94. The zero-order valence-corrected chi connectivity index (χ0v) is 14.8. The SMILES string of the molecule is CCOC(=O)[C@H](C[C@H](CC(C)C)NC(=O)OC(C)(C)C)N=[N+]=[N-]. The van der Waals surface area contributed by atoms with Gasteiger partial charge in [-0.2, -0.15) is 0 Å². The Morgan fingerprint density at radius 3 is 2.30 bits per heavy atom. The molecule has 8 heteroatoms. The first-order valence-electron chi connectivity index (χ1n) is 7.79. The molecule has 0 aliphatic heterocycles. The second-order valence-electron chi connectivity index (χ2n) is 6.68. The van der Waals surface area contributed by atoms with Crippen LogP contribution in [0.15, 0.2) is 5.11 Å². The summed E-state index contributed by atoms with van der Waals surface area (Å²) in [5.41, 5.74) is 8.01. The molecular weight excluding hydrogens is 300 g/mol. The molecule has 2 atom stereocenters. The lowest BCUT2D eigenvalue weighted by Crippen LogP contribution is -2.42. The van der Waals surface area contributed by atoms with Crippen molar-refractivity contribution in [2.75, 3.05) is 6.61 Å². The number of nitrogens with zero attached hydrogens (tertiary/aromatic N) is 3. The van der Waals surface area contributed by atoms with Gasteiger partial charge in [-0.15, -0.1) is 0 Å². The number of nitrogens with one attached hydrogen (secondary N) is 1. The number of esters is 1. The van der Waals surface area contributed by atoms with Gasteiger partial charge in [-0.3, -0.25) is 4.79 Å². The molecule has 1 amide bonds. The number of alkyl carbamates (subject to hydrolysis) is 1. The minimum Gasteiger partial charge on any atom is -0.466 e. The lowest BCUT2D eigenvalue weighted by molar-refractivity contribution is -0.145. The monoisotopic (exact) mass is 328 g/mol. The highest BCUT2D eigenvalue weighted by Crippen LogP contribution is 2.15. The van der Waals surface area contributed by atoms with Crippen LogP contribution in [-0.2, 0) is 14.3 Å². The number of hydrogen-bond acceptors (Lipinski definition) is 5. The van der Waals surface area contributed by atoms with Crippen molar-refractivity contribution in [2.45, 2.75) is 72.1 Å². The summed E-state index contributed by atoms with van der Waals surface area (Å²) in [6.07, 6.45) is 0.225. The summed E-state index contributed by atoms with van der Waals surface area (Å²) in [6, 6.07) is -1.33. The summed E-state index contributed by atoms with van der Waals surface area (Å²) in [5, 5.41) is 6.22. The van der Waals surface area contributed by atoms with Gasteiger partial charge in [0, 0.05) is 11.0 Å². The fourth-order valence-corrected chi connectivity index (χ4v) is 2.02. The minimum atomic E-state index is -0.973. The summed E-state index contributed by atoms with van der Waals surface area (Å²) in [5.74, 6) is -0.311. The molecule has 0 unspecified atom stereocenters. The molecule has 0 saturated heterocycles. The molecule has 0 bridgehead atoms. The molecule has 0 fully saturated rings. The normalized spacial score (nSPS) is 13.7. The maximum atomic E-state index is 11.9. The van der Waals surface area contributed by atoms with Crippen LogP contribution in [0.1, 0.15) is 54.4 Å². The highest BCUT2D eigenvalue weighted by molar-refractivity contribution is 5.76. The van der Waals surface area contributed by atoms with Crippen LogP contribution in [-0.4, -0.2) is 36.4 Å². The first-order chi connectivity index (χ1) is 10.6. The zero-order valence-electron chi connectivity index (χ0n) is 14.8. The Labute approximate surface area is 137 Å². The summed E-state index contributed by atoms with van der Waals surface area (Å²) in [4.78, 5) is 26.5. The van der Waals surface area contributed by atoms with Crippen molar-refractivity contribution < 1.29 is 19.1 Å². The number of azide groups is 1. The van der Waals surface area contributed by atoms with E-state index < -0.39 is 23.7 Å². The molecule has 0 aliphatic rings. The van der Waals surface area contributed by atoms with E-state index in [1.807, 2.05) is 13.8 Å². The van der Waals surface area contributed by atoms with Crippen molar-refractivity contribution in [1.82, 2.24) is 5.32 Å². The van der Waals surface area contributed by atoms with Gasteiger partial charge in [0.15, 0.2) is 0 Å². The Balaban J connectivity index is 4.96. The molecule has 0 aromatic carbocycles. The van der Waals surface area contributed by atoms with Gasteiger partial charge in [0.25, 0.3) is 0 Å². The van der Waals surface area contributed by atoms with Crippen molar-refractivity contribution in [3.05, 3.63) is 10.4 Å². The van der Waals surface area contributed by atoms with Gasteiger partial charge in [-0.05, 0) is 52.0 Å². The van der Waals surface area contributed by atoms with Crippen LogP contribution in [0.4, 0.5) is 4.79 Å². The van der Waals surface area contributed by atoms with E-state index in [-0.39, 0.29) is 25.0 Å². The molecule has 0 spiro atoms. The topological polar surface area (TPSA) is 113 Å². The number of amides is 1. The van der Waals surface area contributed by atoms with E-state index in [4.69, 9.17) is 15.0 Å². The van der Waals surface area contributed by atoms with Crippen molar-refractivity contribution >= 4 is 12.1 Å². The number of hydrogen-bond donors (Lipinski definition) is 1. The molecule has 132 valence electrons. The number of carbonyl (C=O) groups excluding carboxylic acids is 2. The maximum Gasteiger partial charge on any atom is 0.407 e. The molecule has 0 aliphatic carbocycles. The number of rotatable bonds is 8. The standard InChI is InChI=1S/C15H28N4O4/c1-7-22-13(20)12(18-19-16)9-11(8-10(2)3)17-14(21)23-15(4,5)6/h10-12H,7-9H2,1-6H3,(H,17,21)/t11-,12-/m0/s1. The Morgan fingerprint density at radius 2 is 1.87 bits per heavy atom. The molecule has 0 aromatic rings. The third kappa shape index (κ3) is 10.4. The summed E-state index contributed by atoms with van der Waals surface area (Å²) in [7, 11) is 0. The summed E-state index contributed by atoms with van der Waals surface area (Å²) >= 11 is 0. The van der Waals surface area contributed by atoms with Gasteiger partial charge in [-0.1, -0.05) is 19.0 Å². The first kappa shape index (κ1) is 21.0. The first-order valence-corrected chi connectivity index (χ1v) is 7.79. The van der Waals surface area contributed by atoms with Crippen molar-refractivity contribution in [3.63, 3.8) is 0 Å². The third-order valence-electron chi connectivity index (χ3n) is 2.73. The van der Waals surface area contributed by atoms with Crippen LogP contribution in [0.3, 0.4) is 0 Å². The number of ether oxygens (including phenoxy) is 2. The van der Waals surface area contributed by atoms with Crippen LogP contribution >= 0.6 is 0 Å². The van der Waals surface area contributed by atoms with Crippen LogP contribution in [0.5, 0.6) is 0 Å². The van der Waals surface area contributed by atoms with Gasteiger partial charge in [-0.25, -0.2) is 4.79 Å². The highest BCUT2D eigenvalue weighted by atomic mass is 16.6. The van der Waals surface area contributed by atoms with Gasteiger partial charge in [0.05, 0.1) is 6.61 Å². The summed E-state index contributed by atoms with van der Waals surface area (Å²) < 4.78 is 10.1. The van der Waals surface area contributed by atoms with Crippen LogP contribution in [0.25, 0.3) is 10.4 Å². The van der Waals surface area contributed by atoms with Gasteiger partial charge < -0.3 is 14.8 Å². The van der Waals surface area contributed by atoms with E-state index in [2.05, 4.69) is 15.3 Å². The molecular formula is C15H28N4O4. The summed E-state index contributed by atoms with van der Waals surface area (Å²) in [6.45, 7) is 11.2. The zero-order chi connectivity index (χ0) is 18.0. The van der Waals surface area contributed by atoms with Crippen LogP contribution < -0.4 is 5.32 Å². The smallest absolute Gasteiger partial charge is 0.407 e.